The molecule has 3 aromatic rings. The van der Waals surface area contributed by atoms with E-state index in [1.165, 1.54) is 12.3 Å². The fourth-order valence-corrected chi connectivity index (χ4v) is 2.70. The van der Waals surface area contributed by atoms with Crippen molar-refractivity contribution in [3.8, 4) is 28.3 Å². The second-order valence-corrected chi connectivity index (χ2v) is 6.08. The first-order valence-electron chi connectivity index (χ1n) is 7.36. The van der Waals surface area contributed by atoms with E-state index in [1.54, 1.807) is 6.07 Å². The van der Waals surface area contributed by atoms with Crippen LogP contribution in [-0.2, 0) is 4.79 Å². The maximum absolute atomic E-state index is 11.8. The average Bonchev–Trinajstić information content (AvgIpc) is 3.10. The molecule has 0 unspecified atom stereocenters. The molecule has 0 aliphatic rings. The van der Waals surface area contributed by atoms with Crippen LogP contribution in [0.4, 0.5) is 0 Å². The molecule has 2 aromatic heterocycles. The third kappa shape index (κ3) is 3.72. The van der Waals surface area contributed by atoms with Crippen LogP contribution in [0.15, 0.2) is 51.6 Å². The molecule has 0 radical (unpaired) electrons. The third-order valence-electron chi connectivity index (χ3n) is 3.43. The zero-order chi connectivity index (χ0) is 18.7. The molecular weight excluding hydrogens is 406 g/mol. The molecule has 3 N–H and O–H groups in total. The standard InChI is InChI=1S/C17H12BrN3O5/c18-11-4-2-1-3-10(11)12-6-14(26-21-12)9-5-13(22)16(19-7-9)17(25)20-8-15(23)24/h1-7,22H,8H2,(H,20,25)(H,23,24). The van der Waals surface area contributed by atoms with Crippen molar-refractivity contribution in [3.05, 3.63) is 52.8 Å². The molecule has 26 heavy (non-hydrogen) atoms. The van der Waals surface area contributed by atoms with Gasteiger partial charge in [-0.15, -0.1) is 0 Å². The molecule has 0 spiro atoms. The number of halogens is 1. The molecule has 3 rings (SSSR count). The van der Waals surface area contributed by atoms with Gasteiger partial charge in [-0.1, -0.05) is 39.3 Å². The van der Waals surface area contributed by atoms with Crippen LogP contribution in [0.25, 0.3) is 22.6 Å². The van der Waals surface area contributed by atoms with Crippen LogP contribution in [0.2, 0.25) is 0 Å². The van der Waals surface area contributed by atoms with Crippen molar-refractivity contribution in [2.24, 2.45) is 0 Å². The Balaban J connectivity index is 1.85. The van der Waals surface area contributed by atoms with Crippen LogP contribution in [0, 0.1) is 0 Å². The van der Waals surface area contributed by atoms with E-state index in [0.29, 0.717) is 17.0 Å². The summed E-state index contributed by atoms with van der Waals surface area (Å²) in [5.74, 6) is -2.03. The van der Waals surface area contributed by atoms with Gasteiger partial charge in [0.15, 0.2) is 11.5 Å². The minimum Gasteiger partial charge on any atom is -0.505 e. The number of hydrogen-bond acceptors (Lipinski definition) is 6. The number of carbonyl (C=O) groups excluding carboxylic acids is 1. The van der Waals surface area contributed by atoms with Gasteiger partial charge in [0.25, 0.3) is 5.91 Å². The Morgan fingerprint density at radius 2 is 2.00 bits per heavy atom. The molecule has 0 saturated heterocycles. The Labute approximate surface area is 155 Å². The maximum atomic E-state index is 11.8. The Bertz CT molecular complexity index is 986. The quantitative estimate of drug-likeness (QED) is 0.582. The molecule has 8 nitrogen and oxygen atoms in total. The van der Waals surface area contributed by atoms with E-state index in [0.717, 1.165) is 10.0 Å². The van der Waals surface area contributed by atoms with Gasteiger partial charge in [-0.25, -0.2) is 4.98 Å². The van der Waals surface area contributed by atoms with E-state index < -0.39 is 24.2 Å². The smallest absolute Gasteiger partial charge is 0.322 e. The van der Waals surface area contributed by atoms with Gasteiger partial charge in [-0.05, 0) is 12.1 Å². The number of benzene rings is 1. The molecule has 0 fully saturated rings. The summed E-state index contributed by atoms with van der Waals surface area (Å²) in [5, 5.41) is 24.7. The van der Waals surface area contributed by atoms with E-state index in [9.17, 15) is 14.7 Å². The van der Waals surface area contributed by atoms with Crippen molar-refractivity contribution in [1.82, 2.24) is 15.5 Å². The minimum atomic E-state index is -1.20. The van der Waals surface area contributed by atoms with Crippen molar-refractivity contribution in [1.29, 1.82) is 0 Å². The highest BCUT2D eigenvalue weighted by Gasteiger charge is 2.17. The number of carboxylic acid groups (broad SMARTS) is 1. The highest BCUT2D eigenvalue weighted by Crippen LogP contribution is 2.31. The van der Waals surface area contributed by atoms with Gasteiger partial charge in [-0.2, -0.15) is 0 Å². The molecule has 0 aliphatic carbocycles. The lowest BCUT2D eigenvalue weighted by molar-refractivity contribution is -0.135. The van der Waals surface area contributed by atoms with Gasteiger partial charge in [0.05, 0.1) is 0 Å². The van der Waals surface area contributed by atoms with Crippen molar-refractivity contribution < 1.29 is 24.3 Å². The molecular formula is C17H12BrN3O5. The monoisotopic (exact) mass is 417 g/mol. The third-order valence-corrected chi connectivity index (χ3v) is 4.12. The number of hydrogen-bond donors (Lipinski definition) is 3. The summed E-state index contributed by atoms with van der Waals surface area (Å²) in [6.07, 6.45) is 1.33. The van der Waals surface area contributed by atoms with Crippen LogP contribution in [-0.4, -0.2) is 38.8 Å². The van der Waals surface area contributed by atoms with E-state index in [1.807, 2.05) is 24.3 Å². The number of aromatic hydroxyl groups is 1. The lowest BCUT2D eigenvalue weighted by Crippen LogP contribution is -2.29. The molecule has 1 aromatic carbocycles. The minimum absolute atomic E-state index is 0.277. The molecule has 0 saturated carbocycles. The van der Waals surface area contributed by atoms with Crippen molar-refractivity contribution in [2.75, 3.05) is 6.54 Å². The zero-order valence-corrected chi connectivity index (χ0v) is 14.7. The molecule has 9 heteroatoms. The molecule has 2 heterocycles. The zero-order valence-electron chi connectivity index (χ0n) is 13.1. The predicted molar refractivity (Wildman–Crippen MR) is 94.5 cm³/mol. The first-order chi connectivity index (χ1) is 12.5. The Kier molecular flexibility index (Phi) is 4.99. The van der Waals surface area contributed by atoms with E-state index in [-0.39, 0.29) is 5.69 Å². The van der Waals surface area contributed by atoms with Gasteiger partial charge in [0.2, 0.25) is 0 Å². The Morgan fingerprint density at radius 3 is 2.69 bits per heavy atom. The Morgan fingerprint density at radius 1 is 1.23 bits per heavy atom. The van der Waals surface area contributed by atoms with Crippen LogP contribution < -0.4 is 5.32 Å². The van der Waals surface area contributed by atoms with Crippen molar-refractivity contribution in [3.63, 3.8) is 0 Å². The van der Waals surface area contributed by atoms with Gasteiger partial charge >= 0.3 is 5.97 Å². The predicted octanol–water partition coefficient (Wildman–Crippen LogP) is 2.69. The summed E-state index contributed by atoms with van der Waals surface area (Å²) in [7, 11) is 0. The SMILES string of the molecule is O=C(O)CNC(=O)c1ncc(-c2cc(-c3ccccc3Br)no2)cc1O. The second-order valence-electron chi connectivity index (χ2n) is 5.22. The fraction of sp³-hybridized carbons (Fsp3) is 0.0588. The summed E-state index contributed by atoms with van der Waals surface area (Å²) in [6.45, 7) is -0.570. The fourth-order valence-electron chi connectivity index (χ4n) is 2.21. The molecule has 1 amide bonds. The topological polar surface area (TPSA) is 126 Å². The molecule has 132 valence electrons. The highest BCUT2D eigenvalue weighted by molar-refractivity contribution is 9.10. The number of pyridine rings is 1. The largest absolute Gasteiger partial charge is 0.505 e. The number of aromatic nitrogens is 2. The van der Waals surface area contributed by atoms with E-state index in [2.05, 4.69) is 31.4 Å². The van der Waals surface area contributed by atoms with Crippen molar-refractivity contribution in [2.45, 2.75) is 0 Å². The maximum Gasteiger partial charge on any atom is 0.322 e. The summed E-state index contributed by atoms with van der Waals surface area (Å²) < 4.78 is 6.15. The van der Waals surface area contributed by atoms with Crippen LogP contribution in [0.1, 0.15) is 10.5 Å². The van der Waals surface area contributed by atoms with E-state index >= 15 is 0 Å². The number of nitrogens with one attached hydrogen (secondary N) is 1. The first kappa shape index (κ1) is 17.6. The van der Waals surface area contributed by atoms with Crippen molar-refractivity contribution >= 4 is 27.8 Å². The molecule has 0 bridgehead atoms. The number of carbonyl (C=O) groups is 2. The number of nitrogens with zero attached hydrogens (tertiary/aromatic N) is 2. The lowest BCUT2D eigenvalue weighted by atomic mass is 10.1. The lowest BCUT2D eigenvalue weighted by Gasteiger charge is -2.05. The highest BCUT2D eigenvalue weighted by atomic mass is 79.9. The normalized spacial score (nSPS) is 10.5. The molecule has 0 aliphatic heterocycles. The second kappa shape index (κ2) is 7.36. The van der Waals surface area contributed by atoms with Gasteiger partial charge in [-0.3, -0.25) is 9.59 Å². The average molecular weight is 418 g/mol. The Hall–Kier alpha value is -3.20. The number of amides is 1. The summed E-state index contributed by atoms with van der Waals surface area (Å²) >= 11 is 3.44. The van der Waals surface area contributed by atoms with Gasteiger partial charge < -0.3 is 20.1 Å². The van der Waals surface area contributed by atoms with E-state index in [4.69, 9.17) is 9.63 Å². The van der Waals surface area contributed by atoms with Crippen LogP contribution in [0.5, 0.6) is 5.75 Å². The molecule has 0 atom stereocenters. The summed E-state index contributed by atoms with van der Waals surface area (Å²) in [4.78, 5) is 26.2. The van der Waals surface area contributed by atoms with Crippen LogP contribution in [0.3, 0.4) is 0 Å². The summed E-state index contributed by atoms with van der Waals surface area (Å²) in [5.41, 5.74) is 1.57. The number of carboxylic acids is 1. The first-order valence-corrected chi connectivity index (χ1v) is 8.16. The van der Waals surface area contributed by atoms with Crippen LogP contribution >= 0.6 is 15.9 Å². The number of rotatable bonds is 5. The summed E-state index contributed by atoms with van der Waals surface area (Å²) in [6, 6.07) is 10.5. The van der Waals surface area contributed by atoms with Gasteiger partial charge in [0.1, 0.15) is 18.0 Å². The number of aliphatic carboxylic acids is 1. The van der Waals surface area contributed by atoms with Gasteiger partial charge in [0, 0.05) is 27.9 Å².